The maximum Gasteiger partial charge on any atom is 0.344 e. The van der Waals surface area contributed by atoms with Gasteiger partial charge in [-0.2, -0.15) is 0 Å². The summed E-state index contributed by atoms with van der Waals surface area (Å²) in [6.07, 6.45) is 0. The van der Waals surface area contributed by atoms with Crippen molar-refractivity contribution in [1.29, 1.82) is 0 Å². The molecule has 0 aliphatic heterocycles. The number of aromatic nitrogens is 1. The summed E-state index contributed by atoms with van der Waals surface area (Å²) in [7, 11) is 0. The number of hydrogen-bond donors (Lipinski definition) is 0. The molecule has 2 aromatic rings. The lowest BCUT2D eigenvalue weighted by Crippen LogP contribution is -2.07. The first-order valence-corrected chi connectivity index (χ1v) is 6.01. The van der Waals surface area contributed by atoms with Crippen molar-refractivity contribution in [2.45, 2.75) is 13.8 Å². The fraction of sp³-hybridized carbons (Fsp3) is 0.231. The molecule has 0 aliphatic rings. The molecule has 1 aromatic carbocycles. The Balaban J connectivity index is 2.57. The van der Waals surface area contributed by atoms with Crippen LogP contribution >= 0.6 is 11.6 Å². The number of carbonyl (C=O) groups is 1. The van der Waals surface area contributed by atoms with Crippen LogP contribution in [0.2, 0.25) is 5.02 Å². The minimum atomic E-state index is -0.650. The van der Waals surface area contributed by atoms with Gasteiger partial charge in [0.2, 0.25) is 0 Å². The summed E-state index contributed by atoms with van der Waals surface area (Å²) >= 11 is 5.71. The van der Waals surface area contributed by atoms with Crippen LogP contribution in [-0.2, 0) is 4.74 Å². The third-order valence-corrected chi connectivity index (χ3v) is 2.84. The first-order valence-electron chi connectivity index (χ1n) is 5.64. The number of ether oxygens (including phenoxy) is 1. The van der Waals surface area contributed by atoms with Crippen LogP contribution in [0.25, 0.3) is 11.3 Å². The summed E-state index contributed by atoms with van der Waals surface area (Å²) in [4.78, 5) is 11.8. The van der Waals surface area contributed by atoms with Crippen LogP contribution in [-0.4, -0.2) is 17.7 Å². The van der Waals surface area contributed by atoms with E-state index in [1.54, 1.807) is 19.9 Å². The van der Waals surface area contributed by atoms with Gasteiger partial charge in [0.25, 0.3) is 0 Å². The van der Waals surface area contributed by atoms with E-state index in [1.165, 1.54) is 12.1 Å². The zero-order valence-electron chi connectivity index (χ0n) is 10.4. The highest BCUT2D eigenvalue weighted by Gasteiger charge is 2.25. The number of esters is 1. The smallest absolute Gasteiger partial charge is 0.344 e. The van der Waals surface area contributed by atoms with Crippen molar-refractivity contribution in [3.05, 3.63) is 40.4 Å². The molecule has 100 valence electrons. The summed E-state index contributed by atoms with van der Waals surface area (Å²) in [6, 6.07) is 4.46. The van der Waals surface area contributed by atoms with Crippen LogP contribution in [0.5, 0.6) is 0 Å². The first-order chi connectivity index (χ1) is 9.06. The van der Waals surface area contributed by atoms with E-state index in [4.69, 9.17) is 20.9 Å². The molecule has 0 aliphatic carbocycles. The van der Waals surface area contributed by atoms with Gasteiger partial charge in [0.05, 0.1) is 11.6 Å². The SMILES string of the molecule is CCOC(=O)c1c(-c2cccc(Cl)c2F)noc1C. The Morgan fingerprint density at radius 2 is 2.26 bits per heavy atom. The van der Waals surface area contributed by atoms with Gasteiger partial charge >= 0.3 is 5.97 Å². The van der Waals surface area contributed by atoms with Crippen molar-refractivity contribution in [3.63, 3.8) is 0 Å². The molecule has 0 amide bonds. The Morgan fingerprint density at radius 3 is 2.95 bits per heavy atom. The fourth-order valence-corrected chi connectivity index (χ4v) is 1.86. The minimum absolute atomic E-state index is 0.0482. The molecule has 2 rings (SSSR count). The molecule has 0 atom stereocenters. The van der Waals surface area contributed by atoms with E-state index in [-0.39, 0.29) is 34.2 Å². The van der Waals surface area contributed by atoms with Gasteiger partial charge in [0, 0.05) is 5.56 Å². The van der Waals surface area contributed by atoms with Crippen LogP contribution in [0.4, 0.5) is 4.39 Å². The van der Waals surface area contributed by atoms with E-state index < -0.39 is 11.8 Å². The zero-order chi connectivity index (χ0) is 14.0. The van der Waals surface area contributed by atoms with Crippen LogP contribution in [0, 0.1) is 12.7 Å². The number of carbonyl (C=O) groups excluding carboxylic acids is 1. The molecular weight excluding hydrogens is 273 g/mol. The molecule has 19 heavy (non-hydrogen) atoms. The van der Waals surface area contributed by atoms with Crippen molar-refractivity contribution in [1.82, 2.24) is 5.16 Å². The molecule has 4 nitrogen and oxygen atoms in total. The van der Waals surface area contributed by atoms with E-state index in [0.717, 1.165) is 0 Å². The minimum Gasteiger partial charge on any atom is -0.462 e. The molecule has 1 aromatic heterocycles. The lowest BCUT2D eigenvalue weighted by atomic mass is 10.1. The number of nitrogens with zero attached hydrogens (tertiary/aromatic N) is 1. The van der Waals surface area contributed by atoms with E-state index in [9.17, 15) is 9.18 Å². The highest BCUT2D eigenvalue weighted by atomic mass is 35.5. The average Bonchev–Trinajstić information content (AvgIpc) is 2.75. The Labute approximate surface area is 114 Å². The lowest BCUT2D eigenvalue weighted by Gasteiger charge is -2.04. The third-order valence-electron chi connectivity index (χ3n) is 2.55. The second-order valence-electron chi connectivity index (χ2n) is 3.78. The largest absolute Gasteiger partial charge is 0.462 e. The molecule has 0 N–H and O–H groups in total. The van der Waals surface area contributed by atoms with E-state index in [0.29, 0.717) is 0 Å². The van der Waals surface area contributed by atoms with Crippen molar-refractivity contribution >= 4 is 17.6 Å². The van der Waals surface area contributed by atoms with Gasteiger partial charge in [-0.1, -0.05) is 22.8 Å². The van der Waals surface area contributed by atoms with Gasteiger partial charge in [-0.25, -0.2) is 9.18 Å². The molecule has 1 heterocycles. The number of hydrogen-bond acceptors (Lipinski definition) is 4. The van der Waals surface area contributed by atoms with Gasteiger partial charge in [-0.15, -0.1) is 0 Å². The number of benzene rings is 1. The standard InChI is InChI=1S/C13H11ClFNO3/c1-3-18-13(17)10-7(2)19-16-12(10)8-5-4-6-9(14)11(8)15/h4-6H,3H2,1-2H3. The Bertz CT molecular complexity index is 624. The summed E-state index contributed by atoms with van der Waals surface area (Å²) in [5, 5.41) is 3.67. The molecule has 0 bridgehead atoms. The van der Waals surface area contributed by atoms with Gasteiger partial charge in [0.15, 0.2) is 5.82 Å². The molecular formula is C13H11ClFNO3. The van der Waals surface area contributed by atoms with Crippen LogP contribution in [0.3, 0.4) is 0 Å². The molecule has 0 fully saturated rings. The van der Waals surface area contributed by atoms with E-state index >= 15 is 0 Å². The summed E-state index contributed by atoms with van der Waals surface area (Å²) < 4.78 is 23.8. The highest BCUT2D eigenvalue weighted by molar-refractivity contribution is 6.31. The second-order valence-corrected chi connectivity index (χ2v) is 4.19. The quantitative estimate of drug-likeness (QED) is 0.807. The Kier molecular flexibility index (Phi) is 3.85. The summed E-state index contributed by atoms with van der Waals surface area (Å²) in [6.45, 7) is 3.45. The Morgan fingerprint density at radius 1 is 1.53 bits per heavy atom. The first kappa shape index (κ1) is 13.5. The van der Waals surface area contributed by atoms with Gasteiger partial charge in [0.1, 0.15) is 17.0 Å². The molecule has 0 saturated carbocycles. The predicted molar refractivity (Wildman–Crippen MR) is 67.6 cm³/mol. The maximum atomic E-state index is 14.0. The monoisotopic (exact) mass is 283 g/mol. The second kappa shape index (κ2) is 5.40. The van der Waals surface area contributed by atoms with Gasteiger partial charge in [-0.05, 0) is 26.0 Å². The fourth-order valence-electron chi connectivity index (χ4n) is 1.69. The molecule has 0 spiro atoms. The number of rotatable bonds is 3. The summed E-state index contributed by atoms with van der Waals surface area (Å²) in [5.74, 6) is -0.980. The Hall–Kier alpha value is -1.88. The third kappa shape index (κ3) is 2.46. The average molecular weight is 284 g/mol. The molecule has 0 unspecified atom stereocenters. The van der Waals surface area contributed by atoms with Crippen LogP contribution in [0.1, 0.15) is 23.0 Å². The van der Waals surface area contributed by atoms with Crippen molar-refractivity contribution in [2.75, 3.05) is 6.61 Å². The van der Waals surface area contributed by atoms with E-state index in [2.05, 4.69) is 5.16 Å². The highest BCUT2D eigenvalue weighted by Crippen LogP contribution is 2.31. The number of aryl methyl sites for hydroxylation is 1. The normalized spacial score (nSPS) is 10.5. The predicted octanol–water partition coefficient (Wildman–Crippen LogP) is 3.62. The van der Waals surface area contributed by atoms with Crippen LogP contribution < -0.4 is 0 Å². The molecule has 6 heteroatoms. The zero-order valence-corrected chi connectivity index (χ0v) is 11.1. The lowest BCUT2D eigenvalue weighted by molar-refractivity contribution is 0.0525. The van der Waals surface area contributed by atoms with Crippen molar-refractivity contribution < 1.29 is 18.4 Å². The maximum absolute atomic E-state index is 14.0. The van der Waals surface area contributed by atoms with Gasteiger partial charge in [-0.3, -0.25) is 0 Å². The topological polar surface area (TPSA) is 52.3 Å². The summed E-state index contributed by atoms with van der Waals surface area (Å²) in [5.41, 5.74) is 0.311. The van der Waals surface area contributed by atoms with Crippen molar-refractivity contribution in [3.8, 4) is 11.3 Å². The molecule has 0 radical (unpaired) electrons. The number of halogens is 2. The van der Waals surface area contributed by atoms with Gasteiger partial charge < -0.3 is 9.26 Å². The van der Waals surface area contributed by atoms with E-state index in [1.807, 2.05) is 0 Å². The van der Waals surface area contributed by atoms with Crippen molar-refractivity contribution in [2.24, 2.45) is 0 Å². The molecule has 0 saturated heterocycles. The van der Waals surface area contributed by atoms with Crippen LogP contribution in [0.15, 0.2) is 22.7 Å².